The lowest BCUT2D eigenvalue weighted by Crippen LogP contribution is -2.11. The van der Waals surface area contributed by atoms with Crippen LogP contribution < -0.4 is 0 Å². The number of aromatic amines is 1. The predicted molar refractivity (Wildman–Crippen MR) is 110 cm³/mol. The molecule has 0 unspecified atom stereocenters. The van der Waals surface area contributed by atoms with Gasteiger partial charge in [0.1, 0.15) is 6.33 Å². The maximum Gasteiger partial charge on any atom is 0.158 e. The zero-order valence-electron chi connectivity index (χ0n) is 16.9. The lowest BCUT2D eigenvalue weighted by atomic mass is 9.94. The van der Waals surface area contributed by atoms with E-state index in [1.807, 2.05) is 33.4 Å². The molecule has 144 valence electrons. The van der Waals surface area contributed by atoms with E-state index in [-0.39, 0.29) is 0 Å². The van der Waals surface area contributed by atoms with Gasteiger partial charge in [-0.3, -0.25) is 10.1 Å². The Kier molecular flexibility index (Phi) is 4.68. The van der Waals surface area contributed by atoms with Crippen LogP contribution in [0.15, 0.2) is 36.9 Å². The lowest BCUT2D eigenvalue weighted by Gasteiger charge is -2.12. The standard InChI is InChI=1S/C21H25N7/c1-13(2)18-19(15-6-7-17(22-9-15)11-27(4)5)25-26-20(18)16-8-14(3)21-23-12-24-28(21)10-16/h6-10,12-13H,11H2,1-5H3,(H,25,26). The number of pyridine rings is 2. The van der Waals surface area contributed by atoms with E-state index in [0.717, 1.165) is 46.0 Å². The Hall–Kier alpha value is -3.06. The Morgan fingerprint density at radius 2 is 1.96 bits per heavy atom. The molecule has 0 fully saturated rings. The third kappa shape index (κ3) is 3.29. The molecule has 0 amide bonds. The van der Waals surface area contributed by atoms with E-state index in [1.165, 1.54) is 5.56 Å². The van der Waals surface area contributed by atoms with Crippen molar-refractivity contribution in [2.24, 2.45) is 0 Å². The number of aryl methyl sites for hydroxylation is 1. The van der Waals surface area contributed by atoms with Gasteiger partial charge in [0.2, 0.25) is 0 Å². The van der Waals surface area contributed by atoms with Crippen LogP contribution >= 0.6 is 0 Å². The first-order valence-corrected chi connectivity index (χ1v) is 9.42. The van der Waals surface area contributed by atoms with Crippen molar-refractivity contribution in [2.45, 2.75) is 33.2 Å². The average molecular weight is 375 g/mol. The first kappa shape index (κ1) is 18.3. The Morgan fingerprint density at radius 1 is 1.14 bits per heavy atom. The highest BCUT2D eigenvalue weighted by atomic mass is 15.3. The van der Waals surface area contributed by atoms with Crippen molar-refractivity contribution in [3.8, 4) is 22.5 Å². The van der Waals surface area contributed by atoms with Crippen molar-refractivity contribution < 1.29 is 0 Å². The molecule has 0 bridgehead atoms. The molecule has 0 atom stereocenters. The topological polar surface area (TPSA) is 75.0 Å². The van der Waals surface area contributed by atoms with Crippen molar-refractivity contribution in [1.82, 2.24) is 34.7 Å². The summed E-state index contributed by atoms with van der Waals surface area (Å²) in [5.41, 5.74) is 8.21. The van der Waals surface area contributed by atoms with E-state index in [9.17, 15) is 0 Å². The molecule has 4 heterocycles. The highest BCUT2D eigenvalue weighted by molar-refractivity contribution is 5.75. The molecule has 0 spiro atoms. The van der Waals surface area contributed by atoms with Crippen LogP contribution in [0.2, 0.25) is 0 Å². The summed E-state index contributed by atoms with van der Waals surface area (Å²) in [6, 6.07) is 6.31. The number of aromatic nitrogens is 6. The molecule has 1 N–H and O–H groups in total. The van der Waals surface area contributed by atoms with Gasteiger partial charge in [-0.2, -0.15) is 10.2 Å². The maximum atomic E-state index is 4.66. The predicted octanol–water partition coefficient (Wildman–Crippen LogP) is 3.67. The fraction of sp³-hybridized carbons (Fsp3) is 0.333. The second-order valence-corrected chi connectivity index (χ2v) is 7.73. The third-order valence-electron chi connectivity index (χ3n) is 4.81. The maximum absolute atomic E-state index is 4.66. The first-order valence-electron chi connectivity index (χ1n) is 9.42. The van der Waals surface area contributed by atoms with Crippen LogP contribution in [0.3, 0.4) is 0 Å². The van der Waals surface area contributed by atoms with Crippen molar-refractivity contribution in [2.75, 3.05) is 14.1 Å². The summed E-state index contributed by atoms with van der Waals surface area (Å²) in [4.78, 5) is 11.0. The molecule has 0 aliphatic heterocycles. The highest BCUT2D eigenvalue weighted by Crippen LogP contribution is 2.35. The number of nitrogens with one attached hydrogen (secondary N) is 1. The van der Waals surface area contributed by atoms with Gasteiger partial charge in [-0.15, -0.1) is 0 Å². The van der Waals surface area contributed by atoms with E-state index in [1.54, 1.807) is 10.8 Å². The van der Waals surface area contributed by atoms with Crippen molar-refractivity contribution >= 4 is 5.65 Å². The number of hydrogen-bond donors (Lipinski definition) is 1. The highest BCUT2D eigenvalue weighted by Gasteiger charge is 2.20. The van der Waals surface area contributed by atoms with E-state index >= 15 is 0 Å². The molecule has 0 aliphatic carbocycles. The van der Waals surface area contributed by atoms with Gasteiger partial charge < -0.3 is 4.90 Å². The Labute approximate surface area is 164 Å². The van der Waals surface area contributed by atoms with E-state index in [4.69, 9.17) is 0 Å². The summed E-state index contributed by atoms with van der Waals surface area (Å²) in [6.45, 7) is 7.24. The number of fused-ring (bicyclic) bond motifs is 1. The second kappa shape index (κ2) is 7.16. The zero-order valence-corrected chi connectivity index (χ0v) is 16.9. The van der Waals surface area contributed by atoms with Gasteiger partial charge in [-0.05, 0) is 50.7 Å². The Morgan fingerprint density at radius 3 is 2.64 bits per heavy atom. The van der Waals surface area contributed by atoms with Crippen LogP contribution in [0, 0.1) is 6.92 Å². The van der Waals surface area contributed by atoms with E-state index in [2.05, 4.69) is 62.2 Å². The molecule has 7 heteroatoms. The van der Waals surface area contributed by atoms with Crippen LogP contribution in [0.1, 0.15) is 36.6 Å². The van der Waals surface area contributed by atoms with Gasteiger partial charge in [0.05, 0.1) is 17.1 Å². The molecular weight excluding hydrogens is 350 g/mol. The molecular formula is C21H25N7. The van der Waals surface area contributed by atoms with Gasteiger partial charge in [-0.1, -0.05) is 13.8 Å². The summed E-state index contributed by atoms with van der Waals surface area (Å²) in [5, 5.41) is 12.2. The molecule has 0 aromatic carbocycles. The summed E-state index contributed by atoms with van der Waals surface area (Å²) in [6.07, 6.45) is 5.49. The molecule has 0 saturated carbocycles. The number of hydrogen-bond acceptors (Lipinski definition) is 5. The van der Waals surface area contributed by atoms with Crippen LogP contribution in [0.25, 0.3) is 28.2 Å². The molecule has 7 nitrogen and oxygen atoms in total. The largest absolute Gasteiger partial charge is 0.304 e. The van der Waals surface area contributed by atoms with Gasteiger partial charge in [-0.25, -0.2) is 9.50 Å². The molecule has 0 radical (unpaired) electrons. The zero-order chi connectivity index (χ0) is 19.8. The van der Waals surface area contributed by atoms with Crippen molar-refractivity contribution in [3.05, 3.63) is 53.7 Å². The van der Waals surface area contributed by atoms with Gasteiger partial charge in [0.15, 0.2) is 5.65 Å². The van der Waals surface area contributed by atoms with Gasteiger partial charge >= 0.3 is 0 Å². The fourth-order valence-electron chi connectivity index (χ4n) is 3.57. The van der Waals surface area contributed by atoms with Crippen LogP contribution in [0.5, 0.6) is 0 Å². The summed E-state index contributed by atoms with van der Waals surface area (Å²) < 4.78 is 1.81. The van der Waals surface area contributed by atoms with Crippen LogP contribution in [0.4, 0.5) is 0 Å². The van der Waals surface area contributed by atoms with Crippen LogP contribution in [-0.4, -0.2) is 48.8 Å². The third-order valence-corrected chi connectivity index (χ3v) is 4.81. The minimum absolute atomic E-state index is 0.303. The minimum Gasteiger partial charge on any atom is -0.304 e. The normalized spacial score (nSPS) is 11.8. The molecule has 4 aromatic rings. The monoisotopic (exact) mass is 375 g/mol. The van der Waals surface area contributed by atoms with Gasteiger partial charge in [0.25, 0.3) is 0 Å². The number of nitrogens with zero attached hydrogens (tertiary/aromatic N) is 6. The molecule has 0 saturated heterocycles. The molecule has 28 heavy (non-hydrogen) atoms. The van der Waals surface area contributed by atoms with Crippen molar-refractivity contribution in [1.29, 1.82) is 0 Å². The molecule has 4 rings (SSSR count). The summed E-state index contributed by atoms with van der Waals surface area (Å²) in [5.74, 6) is 0.303. The van der Waals surface area contributed by atoms with Crippen LogP contribution in [-0.2, 0) is 6.54 Å². The number of rotatable bonds is 5. The molecule has 0 aliphatic rings. The Bertz CT molecular complexity index is 1100. The fourth-order valence-corrected chi connectivity index (χ4v) is 3.57. The number of H-pyrrole nitrogens is 1. The van der Waals surface area contributed by atoms with Gasteiger partial charge in [0, 0.05) is 35.6 Å². The van der Waals surface area contributed by atoms with E-state index < -0.39 is 0 Å². The lowest BCUT2D eigenvalue weighted by molar-refractivity contribution is 0.397. The molecule has 4 aromatic heterocycles. The SMILES string of the molecule is Cc1cc(-c2n[nH]c(-c3ccc(CN(C)C)nc3)c2C(C)C)cn2ncnc12. The smallest absolute Gasteiger partial charge is 0.158 e. The quantitative estimate of drug-likeness (QED) is 0.576. The van der Waals surface area contributed by atoms with Crippen molar-refractivity contribution in [3.63, 3.8) is 0 Å². The minimum atomic E-state index is 0.303. The first-order chi connectivity index (χ1) is 13.4. The summed E-state index contributed by atoms with van der Waals surface area (Å²) >= 11 is 0. The average Bonchev–Trinajstić information content (AvgIpc) is 3.29. The second-order valence-electron chi connectivity index (χ2n) is 7.73. The van der Waals surface area contributed by atoms with E-state index in [0.29, 0.717) is 5.92 Å². The summed E-state index contributed by atoms with van der Waals surface area (Å²) in [7, 11) is 4.09. The Balaban J connectivity index is 1.79.